The predicted molar refractivity (Wildman–Crippen MR) is 132 cm³/mol. The number of rotatable bonds is 7. The maximum atomic E-state index is 12.3. The number of halogens is 1. The van der Waals surface area contributed by atoms with E-state index < -0.39 is 10.0 Å². The molecule has 0 amide bonds. The van der Waals surface area contributed by atoms with Crippen molar-refractivity contribution < 1.29 is 13.2 Å². The summed E-state index contributed by atoms with van der Waals surface area (Å²) in [7, 11) is -3.10. The fraction of sp³-hybridized carbons (Fsp3) is 0.667. The van der Waals surface area contributed by atoms with E-state index in [1.165, 1.54) is 5.56 Å². The van der Waals surface area contributed by atoms with Gasteiger partial charge in [-0.1, -0.05) is 25.1 Å². The number of guanidine groups is 1. The van der Waals surface area contributed by atoms with Crippen LogP contribution >= 0.6 is 24.0 Å². The third-order valence-corrected chi connectivity index (χ3v) is 7.62. The Balaban J connectivity index is 0.00000320. The van der Waals surface area contributed by atoms with Crippen molar-refractivity contribution in [2.75, 3.05) is 38.5 Å². The molecule has 0 saturated carbocycles. The van der Waals surface area contributed by atoms with Gasteiger partial charge in [-0.25, -0.2) is 12.7 Å². The summed E-state index contributed by atoms with van der Waals surface area (Å²) in [6.45, 7) is 7.34. The van der Waals surface area contributed by atoms with E-state index in [-0.39, 0.29) is 35.8 Å². The van der Waals surface area contributed by atoms with Crippen molar-refractivity contribution in [3.63, 3.8) is 0 Å². The lowest BCUT2D eigenvalue weighted by Crippen LogP contribution is -2.50. The Morgan fingerprint density at radius 3 is 2.63 bits per heavy atom. The molecule has 1 atom stereocenters. The van der Waals surface area contributed by atoms with Crippen LogP contribution in [0.15, 0.2) is 29.3 Å². The minimum Gasteiger partial charge on any atom is -0.493 e. The van der Waals surface area contributed by atoms with Crippen LogP contribution in [0.4, 0.5) is 0 Å². The highest BCUT2D eigenvalue weighted by Gasteiger charge is 2.28. The first-order valence-corrected chi connectivity index (χ1v) is 12.4. The summed E-state index contributed by atoms with van der Waals surface area (Å²) in [6, 6.07) is 8.44. The molecule has 3 rings (SSSR count). The van der Waals surface area contributed by atoms with Gasteiger partial charge in [0.2, 0.25) is 10.0 Å². The van der Waals surface area contributed by atoms with Gasteiger partial charge in [0.25, 0.3) is 0 Å². The molecular formula is C21H35IN4O3S. The maximum absolute atomic E-state index is 12.3. The third kappa shape index (κ3) is 6.71. The second-order valence-corrected chi connectivity index (χ2v) is 9.81. The van der Waals surface area contributed by atoms with Crippen LogP contribution in [0.1, 0.15) is 51.0 Å². The molecule has 2 N–H and O–H groups in total. The van der Waals surface area contributed by atoms with Gasteiger partial charge >= 0.3 is 0 Å². The zero-order valence-electron chi connectivity index (χ0n) is 18.0. The molecule has 0 radical (unpaired) electrons. The Kier molecular flexibility index (Phi) is 10.2. The highest BCUT2D eigenvalue weighted by atomic mass is 127. The van der Waals surface area contributed by atoms with Gasteiger partial charge in [-0.3, -0.25) is 4.99 Å². The van der Waals surface area contributed by atoms with E-state index >= 15 is 0 Å². The summed E-state index contributed by atoms with van der Waals surface area (Å²) in [4.78, 5) is 4.83. The number of piperidine rings is 1. The van der Waals surface area contributed by atoms with E-state index in [0.29, 0.717) is 32.0 Å². The lowest BCUT2D eigenvalue weighted by molar-refractivity contribution is 0.268. The van der Waals surface area contributed by atoms with Gasteiger partial charge < -0.3 is 15.4 Å². The molecule has 2 aliphatic heterocycles. The normalized spacial score (nSPS) is 20.6. The molecule has 0 spiro atoms. The smallest absolute Gasteiger partial charge is 0.214 e. The molecule has 1 saturated heterocycles. The van der Waals surface area contributed by atoms with Crippen molar-refractivity contribution in [1.82, 2.24) is 14.9 Å². The zero-order valence-corrected chi connectivity index (χ0v) is 21.1. The fourth-order valence-electron chi connectivity index (χ4n) is 3.99. The highest BCUT2D eigenvalue weighted by Crippen LogP contribution is 2.33. The summed E-state index contributed by atoms with van der Waals surface area (Å²) in [5.41, 5.74) is 1.23. The highest BCUT2D eigenvalue weighted by molar-refractivity contribution is 14.0. The number of aliphatic imine (C=N–C) groups is 1. The molecule has 1 aromatic carbocycles. The van der Waals surface area contributed by atoms with Crippen molar-refractivity contribution in [3.8, 4) is 5.75 Å². The van der Waals surface area contributed by atoms with E-state index in [4.69, 9.17) is 9.73 Å². The second kappa shape index (κ2) is 12.1. The van der Waals surface area contributed by atoms with Crippen LogP contribution in [0.3, 0.4) is 0 Å². The number of hydrogen-bond acceptors (Lipinski definition) is 4. The monoisotopic (exact) mass is 550 g/mol. The maximum Gasteiger partial charge on any atom is 0.214 e. The molecule has 0 aliphatic carbocycles. The first-order valence-electron chi connectivity index (χ1n) is 10.8. The van der Waals surface area contributed by atoms with Gasteiger partial charge in [-0.2, -0.15) is 0 Å². The lowest BCUT2D eigenvalue weighted by atomic mass is 9.93. The van der Waals surface area contributed by atoms with E-state index in [9.17, 15) is 8.42 Å². The van der Waals surface area contributed by atoms with Crippen molar-refractivity contribution in [1.29, 1.82) is 0 Å². The molecule has 0 bridgehead atoms. The van der Waals surface area contributed by atoms with Gasteiger partial charge in [0.1, 0.15) is 5.75 Å². The first-order chi connectivity index (χ1) is 14.0. The minimum absolute atomic E-state index is 0. The summed E-state index contributed by atoms with van der Waals surface area (Å²) in [5.74, 6) is 2.38. The van der Waals surface area contributed by atoms with Crippen LogP contribution in [0, 0.1) is 0 Å². The van der Waals surface area contributed by atoms with Gasteiger partial charge in [-0.15, -0.1) is 24.0 Å². The molecule has 30 heavy (non-hydrogen) atoms. The number of ether oxygens (including phenoxy) is 1. The Labute approximate surface area is 198 Å². The Hall–Kier alpha value is -1.07. The van der Waals surface area contributed by atoms with E-state index in [1.54, 1.807) is 4.31 Å². The third-order valence-electron chi connectivity index (χ3n) is 5.55. The Morgan fingerprint density at radius 2 is 1.93 bits per heavy atom. The van der Waals surface area contributed by atoms with Crippen molar-refractivity contribution in [2.45, 2.75) is 51.5 Å². The van der Waals surface area contributed by atoms with Crippen LogP contribution in [0.5, 0.6) is 5.75 Å². The predicted octanol–water partition coefficient (Wildman–Crippen LogP) is 2.93. The molecule has 1 fully saturated rings. The number of para-hydroxylation sites is 1. The molecule has 0 aromatic heterocycles. The molecular weight excluding hydrogens is 515 g/mol. The van der Waals surface area contributed by atoms with Crippen molar-refractivity contribution >= 4 is 40.0 Å². The average molecular weight is 551 g/mol. The van der Waals surface area contributed by atoms with Gasteiger partial charge in [-0.05, 0) is 44.2 Å². The molecule has 1 aromatic rings. The second-order valence-electron chi connectivity index (χ2n) is 7.73. The summed E-state index contributed by atoms with van der Waals surface area (Å²) >= 11 is 0. The number of benzene rings is 1. The minimum atomic E-state index is -3.10. The number of fused-ring (bicyclic) bond motifs is 1. The SMILES string of the molecule is CCCS(=O)(=O)N1CCC(NC(=NCC2CCOc3ccccc32)NCC)CC1.I. The number of sulfonamides is 1. The van der Waals surface area contributed by atoms with Crippen molar-refractivity contribution in [2.24, 2.45) is 4.99 Å². The van der Waals surface area contributed by atoms with Crippen LogP contribution in [-0.4, -0.2) is 63.3 Å². The fourth-order valence-corrected chi connectivity index (χ4v) is 5.53. The van der Waals surface area contributed by atoms with E-state index in [1.807, 2.05) is 25.1 Å². The molecule has 2 heterocycles. The summed E-state index contributed by atoms with van der Waals surface area (Å²) in [5, 5.41) is 6.84. The number of nitrogens with zero attached hydrogens (tertiary/aromatic N) is 2. The summed E-state index contributed by atoms with van der Waals surface area (Å²) < 4.78 is 31.9. The van der Waals surface area contributed by atoms with Crippen LogP contribution < -0.4 is 15.4 Å². The largest absolute Gasteiger partial charge is 0.493 e. The molecule has 2 aliphatic rings. The number of hydrogen-bond donors (Lipinski definition) is 2. The van der Waals surface area contributed by atoms with Crippen molar-refractivity contribution in [3.05, 3.63) is 29.8 Å². The topological polar surface area (TPSA) is 83.0 Å². The molecule has 9 heteroatoms. The van der Waals surface area contributed by atoms with E-state index in [2.05, 4.69) is 23.6 Å². The van der Waals surface area contributed by atoms with Crippen LogP contribution in [0.2, 0.25) is 0 Å². The lowest BCUT2D eigenvalue weighted by Gasteiger charge is -2.32. The quantitative estimate of drug-likeness (QED) is 0.310. The van der Waals surface area contributed by atoms with Gasteiger partial charge in [0.05, 0.1) is 12.4 Å². The first kappa shape index (κ1) is 25.2. The Bertz CT molecular complexity index is 795. The molecule has 7 nitrogen and oxygen atoms in total. The number of nitrogens with one attached hydrogen (secondary N) is 2. The van der Waals surface area contributed by atoms with Gasteiger partial charge in [0.15, 0.2) is 5.96 Å². The Morgan fingerprint density at radius 1 is 1.20 bits per heavy atom. The zero-order chi connectivity index (χ0) is 20.7. The molecule has 170 valence electrons. The summed E-state index contributed by atoms with van der Waals surface area (Å²) in [6.07, 6.45) is 3.22. The average Bonchev–Trinajstić information content (AvgIpc) is 2.72. The van der Waals surface area contributed by atoms with Crippen LogP contribution in [0.25, 0.3) is 0 Å². The molecule has 1 unspecified atom stereocenters. The standard InChI is InChI=1S/C21H34N4O3S.HI/c1-3-15-29(26,27)25-12-9-18(10-13-25)24-21(22-4-2)23-16-17-11-14-28-20-8-6-5-7-19(17)20;/h5-8,17-18H,3-4,9-16H2,1-2H3,(H2,22,23,24);1H. The van der Waals surface area contributed by atoms with Gasteiger partial charge in [0, 0.05) is 38.1 Å². The van der Waals surface area contributed by atoms with Crippen LogP contribution in [-0.2, 0) is 10.0 Å². The van der Waals surface area contributed by atoms with E-state index in [0.717, 1.165) is 44.1 Å².